The Hall–Kier alpha value is -2.60. The Balaban J connectivity index is 1.64. The van der Waals surface area contributed by atoms with E-state index in [1.165, 1.54) is 9.47 Å². The van der Waals surface area contributed by atoms with Gasteiger partial charge in [0, 0.05) is 12.7 Å². The molecule has 0 spiro atoms. The molecule has 1 fully saturated rings. The normalized spacial score (nSPS) is 25.3. The SMILES string of the molecule is O=C1c2cccn2[C@H](O)[C@]2(C(=O)OCc3ccccc3)CCCN12. The van der Waals surface area contributed by atoms with Crippen molar-refractivity contribution in [3.8, 4) is 0 Å². The van der Waals surface area contributed by atoms with Gasteiger partial charge in [0.2, 0.25) is 0 Å². The fraction of sp³-hybridized carbons (Fsp3) is 0.333. The molecule has 1 aromatic carbocycles. The zero-order valence-corrected chi connectivity index (χ0v) is 13.1. The lowest BCUT2D eigenvalue weighted by molar-refractivity contribution is -0.170. The molecular weight excluding hydrogens is 308 g/mol. The van der Waals surface area contributed by atoms with Crippen LogP contribution in [0.3, 0.4) is 0 Å². The molecule has 24 heavy (non-hydrogen) atoms. The summed E-state index contributed by atoms with van der Waals surface area (Å²) in [5.74, 6) is -0.788. The summed E-state index contributed by atoms with van der Waals surface area (Å²) in [7, 11) is 0. The summed E-state index contributed by atoms with van der Waals surface area (Å²) >= 11 is 0. The number of carbonyl (C=O) groups excluding carboxylic acids is 2. The van der Waals surface area contributed by atoms with Gasteiger partial charge in [-0.05, 0) is 30.5 Å². The highest BCUT2D eigenvalue weighted by molar-refractivity contribution is 5.99. The third-order valence-electron chi connectivity index (χ3n) is 4.92. The van der Waals surface area contributed by atoms with Crippen molar-refractivity contribution in [3.63, 3.8) is 0 Å². The van der Waals surface area contributed by atoms with Crippen molar-refractivity contribution >= 4 is 11.9 Å². The number of aliphatic hydroxyl groups excluding tert-OH is 1. The lowest BCUT2D eigenvalue weighted by Gasteiger charge is -2.44. The van der Waals surface area contributed by atoms with Crippen LogP contribution in [0.2, 0.25) is 0 Å². The van der Waals surface area contributed by atoms with Crippen molar-refractivity contribution in [1.29, 1.82) is 0 Å². The Morgan fingerprint density at radius 1 is 1.25 bits per heavy atom. The summed E-state index contributed by atoms with van der Waals surface area (Å²) in [5.41, 5.74) is -0.0707. The summed E-state index contributed by atoms with van der Waals surface area (Å²) in [6.45, 7) is 0.566. The van der Waals surface area contributed by atoms with E-state index >= 15 is 0 Å². The Kier molecular flexibility index (Phi) is 3.42. The molecule has 2 aliphatic heterocycles. The number of hydrogen-bond acceptors (Lipinski definition) is 4. The van der Waals surface area contributed by atoms with E-state index in [0.29, 0.717) is 25.1 Å². The molecule has 0 saturated carbocycles. The first-order valence-electron chi connectivity index (χ1n) is 8.02. The van der Waals surface area contributed by atoms with E-state index in [1.807, 2.05) is 30.3 Å². The van der Waals surface area contributed by atoms with Crippen LogP contribution in [0.25, 0.3) is 0 Å². The number of rotatable bonds is 3. The van der Waals surface area contributed by atoms with Gasteiger partial charge in [0.15, 0.2) is 11.8 Å². The first-order valence-corrected chi connectivity index (χ1v) is 8.02. The maximum absolute atomic E-state index is 12.9. The molecule has 2 atom stereocenters. The maximum atomic E-state index is 12.9. The standard InChI is InChI=1S/C18H18N2O4/c21-15-14-8-4-10-19(14)16(22)18(9-5-11-20(15)18)17(23)24-12-13-6-2-1-3-7-13/h1-4,6-8,10,16,22H,5,9,11-12H2/t16-,18+/m1/s1. The number of ether oxygens (including phenoxy) is 1. The van der Waals surface area contributed by atoms with E-state index in [0.717, 1.165) is 5.56 Å². The van der Waals surface area contributed by atoms with Crippen LogP contribution in [0.15, 0.2) is 48.7 Å². The van der Waals surface area contributed by atoms with Gasteiger partial charge in [-0.15, -0.1) is 0 Å². The van der Waals surface area contributed by atoms with Crippen LogP contribution in [0.4, 0.5) is 0 Å². The van der Waals surface area contributed by atoms with Gasteiger partial charge < -0.3 is 19.3 Å². The fourth-order valence-corrected chi connectivity index (χ4v) is 3.71. The largest absolute Gasteiger partial charge is 0.459 e. The Morgan fingerprint density at radius 2 is 2.04 bits per heavy atom. The number of benzene rings is 1. The molecular formula is C18H18N2O4. The van der Waals surface area contributed by atoms with Crippen molar-refractivity contribution in [2.75, 3.05) is 6.54 Å². The van der Waals surface area contributed by atoms with E-state index in [1.54, 1.807) is 18.3 Å². The fourth-order valence-electron chi connectivity index (χ4n) is 3.71. The number of aromatic nitrogens is 1. The average molecular weight is 326 g/mol. The minimum Gasteiger partial charge on any atom is -0.459 e. The molecule has 124 valence electrons. The summed E-state index contributed by atoms with van der Waals surface area (Å²) in [6, 6.07) is 12.7. The second-order valence-electron chi connectivity index (χ2n) is 6.22. The molecule has 1 aromatic heterocycles. The van der Waals surface area contributed by atoms with Crippen molar-refractivity contribution in [2.45, 2.75) is 31.2 Å². The lowest BCUT2D eigenvalue weighted by atomic mass is 9.91. The number of nitrogens with zero attached hydrogens (tertiary/aromatic N) is 2. The van der Waals surface area contributed by atoms with Crippen molar-refractivity contribution in [2.24, 2.45) is 0 Å². The maximum Gasteiger partial charge on any atom is 0.337 e. The summed E-state index contributed by atoms with van der Waals surface area (Å²) in [6.07, 6.45) is 1.55. The van der Waals surface area contributed by atoms with E-state index in [2.05, 4.69) is 0 Å². The number of fused-ring (bicyclic) bond motifs is 2. The highest BCUT2D eigenvalue weighted by Crippen LogP contribution is 2.43. The first-order chi connectivity index (χ1) is 11.6. The van der Waals surface area contributed by atoms with E-state index < -0.39 is 17.7 Å². The molecule has 1 saturated heterocycles. The highest BCUT2D eigenvalue weighted by Gasteiger charge is 2.60. The molecule has 6 heteroatoms. The summed E-state index contributed by atoms with van der Waals surface area (Å²) in [5, 5.41) is 10.8. The molecule has 0 radical (unpaired) electrons. The molecule has 1 N–H and O–H groups in total. The number of amides is 1. The minimum absolute atomic E-state index is 0.120. The number of esters is 1. The highest BCUT2D eigenvalue weighted by atomic mass is 16.5. The monoisotopic (exact) mass is 326 g/mol. The zero-order valence-electron chi connectivity index (χ0n) is 13.1. The van der Waals surface area contributed by atoms with Gasteiger partial charge in [-0.1, -0.05) is 30.3 Å². The molecule has 6 nitrogen and oxygen atoms in total. The van der Waals surface area contributed by atoms with Crippen LogP contribution in [-0.2, 0) is 16.1 Å². The van der Waals surface area contributed by atoms with Gasteiger partial charge in [0.05, 0.1) is 0 Å². The van der Waals surface area contributed by atoms with Crippen molar-refractivity contribution in [3.05, 3.63) is 59.9 Å². The topological polar surface area (TPSA) is 71.8 Å². The van der Waals surface area contributed by atoms with Crippen molar-refractivity contribution in [1.82, 2.24) is 9.47 Å². The minimum atomic E-state index is -1.34. The third-order valence-corrected chi connectivity index (χ3v) is 4.92. The third kappa shape index (κ3) is 1.99. The Bertz CT molecular complexity index is 785. The van der Waals surface area contributed by atoms with Gasteiger partial charge in [-0.2, -0.15) is 0 Å². The summed E-state index contributed by atoms with van der Waals surface area (Å²) in [4.78, 5) is 27.0. The van der Waals surface area contributed by atoms with Crippen LogP contribution in [0, 0.1) is 0 Å². The van der Waals surface area contributed by atoms with Crippen LogP contribution >= 0.6 is 0 Å². The van der Waals surface area contributed by atoms with Crippen LogP contribution < -0.4 is 0 Å². The van der Waals surface area contributed by atoms with E-state index in [4.69, 9.17) is 4.74 Å². The summed E-state index contributed by atoms with van der Waals surface area (Å²) < 4.78 is 6.94. The molecule has 0 unspecified atom stereocenters. The number of hydrogen-bond donors (Lipinski definition) is 1. The van der Waals surface area contributed by atoms with Crippen molar-refractivity contribution < 1.29 is 19.4 Å². The molecule has 2 aliphatic rings. The number of carbonyl (C=O) groups is 2. The van der Waals surface area contributed by atoms with E-state index in [9.17, 15) is 14.7 Å². The van der Waals surface area contributed by atoms with E-state index in [-0.39, 0.29) is 12.5 Å². The molecule has 0 aliphatic carbocycles. The van der Waals surface area contributed by atoms with Crippen LogP contribution in [-0.4, -0.2) is 38.5 Å². The average Bonchev–Trinajstić information content (AvgIpc) is 3.26. The molecule has 0 bridgehead atoms. The molecule has 1 amide bonds. The van der Waals surface area contributed by atoms with Gasteiger partial charge in [-0.25, -0.2) is 4.79 Å². The Morgan fingerprint density at radius 3 is 2.83 bits per heavy atom. The van der Waals surface area contributed by atoms with Gasteiger partial charge in [-0.3, -0.25) is 4.79 Å². The smallest absolute Gasteiger partial charge is 0.337 e. The van der Waals surface area contributed by atoms with Crippen LogP contribution in [0.5, 0.6) is 0 Å². The predicted molar refractivity (Wildman–Crippen MR) is 84.9 cm³/mol. The molecule has 2 aromatic rings. The zero-order chi connectivity index (χ0) is 16.7. The first kappa shape index (κ1) is 15.0. The number of aliphatic hydroxyl groups is 1. The van der Waals surface area contributed by atoms with Gasteiger partial charge >= 0.3 is 5.97 Å². The van der Waals surface area contributed by atoms with Gasteiger partial charge in [0.1, 0.15) is 12.3 Å². The Labute approximate surface area is 139 Å². The molecule has 3 heterocycles. The van der Waals surface area contributed by atoms with Gasteiger partial charge in [0.25, 0.3) is 5.91 Å². The predicted octanol–water partition coefficient (Wildman–Crippen LogP) is 1.71. The quantitative estimate of drug-likeness (QED) is 0.872. The molecule has 4 rings (SSSR count). The lowest BCUT2D eigenvalue weighted by Crippen LogP contribution is -2.62. The van der Waals surface area contributed by atoms with Crippen LogP contribution in [0.1, 0.15) is 35.1 Å². The second-order valence-corrected chi connectivity index (χ2v) is 6.22. The second kappa shape index (κ2) is 5.49.